The number of hydrogen-bond acceptors (Lipinski definition) is 6. The van der Waals surface area contributed by atoms with Crippen molar-refractivity contribution in [1.82, 2.24) is 10.1 Å². The highest BCUT2D eigenvalue weighted by molar-refractivity contribution is 6.07. The van der Waals surface area contributed by atoms with Gasteiger partial charge >= 0.3 is 0 Å². The molecule has 0 radical (unpaired) electrons. The standard InChI is InChI=1S/C25H26FN3O4/c1-14(24-27-15(2)28-33-24)9-22(30)17-10-19(16-5-7-18(26)8-6-16)20-12-23(31)29(21(20)11-17)13-25(3,4)32/h5-8,10-11,14,32H,9,12-13H2,1-4H3/t14-/m0/s1. The Morgan fingerprint density at radius 1 is 1.27 bits per heavy atom. The number of benzene rings is 2. The number of aliphatic hydroxyl groups is 1. The lowest BCUT2D eigenvalue weighted by atomic mass is 9.91. The van der Waals surface area contributed by atoms with Crippen molar-refractivity contribution in [3.8, 4) is 11.1 Å². The lowest BCUT2D eigenvalue weighted by Gasteiger charge is -2.26. The van der Waals surface area contributed by atoms with Crippen molar-refractivity contribution < 1.29 is 23.6 Å². The second kappa shape index (κ2) is 8.51. The van der Waals surface area contributed by atoms with E-state index in [0.717, 1.165) is 5.56 Å². The van der Waals surface area contributed by atoms with E-state index in [-0.39, 0.29) is 42.8 Å². The molecule has 1 atom stereocenters. The third-order valence-electron chi connectivity index (χ3n) is 5.62. The summed E-state index contributed by atoms with van der Waals surface area (Å²) in [5, 5.41) is 14.1. The second-order valence-electron chi connectivity index (χ2n) is 9.21. The number of anilines is 1. The number of carbonyl (C=O) groups is 2. The summed E-state index contributed by atoms with van der Waals surface area (Å²) in [4.78, 5) is 31.8. The summed E-state index contributed by atoms with van der Waals surface area (Å²) in [6.07, 6.45) is 0.285. The minimum absolute atomic E-state index is 0.0942. The summed E-state index contributed by atoms with van der Waals surface area (Å²) in [5.74, 6) is -0.0657. The molecule has 8 heteroatoms. The van der Waals surface area contributed by atoms with Gasteiger partial charge in [0.05, 0.1) is 18.6 Å². The number of hydrogen-bond donors (Lipinski definition) is 1. The Kier molecular flexibility index (Phi) is 5.88. The SMILES string of the molecule is Cc1noc([C@@H](C)CC(=O)c2cc(-c3ccc(F)cc3)c3c(c2)N(CC(C)(C)O)C(=O)C3)n1. The zero-order chi connectivity index (χ0) is 23.9. The number of ketones is 1. The Bertz CT molecular complexity index is 1210. The summed E-state index contributed by atoms with van der Waals surface area (Å²) >= 11 is 0. The van der Waals surface area contributed by atoms with Gasteiger partial charge in [-0.2, -0.15) is 4.98 Å². The number of aryl methyl sites for hydroxylation is 1. The molecule has 0 saturated heterocycles. The summed E-state index contributed by atoms with van der Waals surface area (Å²) < 4.78 is 18.7. The Balaban J connectivity index is 1.76. The van der Waals surface area contributed by atoms with Crippen LogP contribution in [-0.2, 0) is 11.2 Å². The van der Waals surface area contributed by atoms with Gasteiger partial charge in [0.1, 0.15) is 5.82 Å². The molecule has 1 aliphatic rings. The summed E-state index contributed by atoms with van der Waals surface area (Å²) in [6.45, 7) is 6.90. The van der Waals surface area contributed by atoms with E-state index in [4.69, 9.17) is 4.52 Å². The summed E-state index contributed by atoms with van der Waals surface area (Å²) in [5.41, 5.74) is 2.06. The predicted octanol–water partition coefficient (Wildman–Crippen LogP) is 4.22. The molecule has 0 aliphatic carbocycles. The highest BCUT2D eigenvalue weighted by atomic mass is 19.1. The first-order valence-electron chi connectivity index (χ1n) is 10.8. The van der Waals surface area contributed by atoms with E-state index >= 15 is 0 Å². The molecular weight excluding hydrogens is 425 g/mol. The van der Waals surface area contributed by atoms with Crippen molar-refractivity contribution in [2.75, 3.05) is 11.4 Å². The normalized spacial score (nSPS) is 14.5. The second-order valence-corrected chi connectivity index (χ2v) is 9.21. The van der Waals surface area contributed by atoms with Crippen molar-refractivity contribution in [1.29, 1.82) is 0 Å². The first kappa shape index (κ1) is 22.8. The Morgan fingerprint density at radius 3 is 2.58 bits per heavy atom. The topological polar surface area (TPSA) is 96.5 Å². The van der Waals surface area contributed by atoms with Crippen LogP contribution < -0.4 is 4.90 Å². The van der Waals surface area contributed by atoms with Gasteiger partial charge in [-0.25, -0.2) is 4.39 Å². The molecule has 2 aromatic carbocycles. The molecule has 0 unspecified atom stereocenters. The van der Waals surface area contributed by atoms with E-state index in [1.54, 1.807) is 45.0 Å². The van der Waals surface area contributed by atoms with Crippen LogP contribution >= 0.6 is 0 Å². The number of halogens is 1. The minimum Gasteiger partial charge on any atom is -0.389 e. The summed E-state index contributed by atoms with van der Waals surface area (Å²) in [7, 11) is 0. The first-order chi connectivity index (χ1) is 15.5. The van der Waals surface area contributed by atoms with Crippen molar-refractivity contribution in [2.45, 2.75) is 52.1 Å². The van der Waals surface area contributed by atoms with Gasteiger partial charge in [0.25, 0.3) is 0 Å². The molecule has 33 heavy (non-hydrogen) atoms. The third kappa shape index (κ3) is 4.85. The van der Waals surface area contributed by atoms with Crippen LogP contribution in [0.2, 0.25) is 0 Å². The lowest BCUT2D eigenvalue weighted by molar-refractivity contribution is -0.118. The number of carbonyl (C=O) groups excluding carboxylic acids is 2. The van der Waals surface area contributed by atoms with Crippen LogP contribution in [0.25, 0.3) is 11.1 Å². The van der Waals surface area contributed by atoms with Crippen LogP contribution in [0.4, 0.5) is 10.1 Å². The van der Waals surface area contributed by atoms with E-state index in [1.807, 2.05) is 6.92 Å². The molecule has 3 aromatic rings. The molecular formula is C25H26FN3O4. The van der Waals surface area contributed by atoms with E-state index < -0.39 is 5.60 Å². The van der Waals surface area contributed by atoms with Gasteiger partial charge in [-0.3, -0.25) is 9.59 Å². The number of Topliss-reactive ketones (excluding diaryl/α,β-unsaturated/α-hetero) is 1. The fourth-order valence-corrected chi connectivity index (χ4v) is 4.07. The fourth-order valence-electron chi connectivity index (χ4n) is 4.07. The maximum atomic E-state index is 13.5. The van der Waals surface area contributed by atoms with Gasteiger partial charge < -0.3 is 14.5 Å². The van der Waals surface area contributed by atoms with Crippen LogP contribution in [0, 0.1) is 12.7 Å². The average molecular weight is 451 g/mol. The highest BCUT2D eigenvalue weighted by Gasteiger charge is 2.34. The van der Waals surface area contributed by atoms with Crippen molar-refractivity contribution in [3.05, 3.63) is 65.1 Å². The number of fused-ring (bicyclic) bond motifs is 1. The molecule has 0 bridgehead atoms. The minimum atomic E-state index is -1.11. The lowest BCUT2D eigenvalue weighted by Crippen LogP contribution is -2.40. The van der Waals surface area contributed by atoms with Gasteiger partial charge in [0.15, 0.2) is 11.6 Å². The van der Waals surface area contributed by atoms with Crippen molar-refractivity contribution in [3.63, 3.8) is 0 Å². The third-order valence-corrected chi connectivity index (χ3v) is 5.62. The number of β-amino-alcohol motifs (C(OH)–C–C–N with tert-alkyl or cyclic N) is 1. The quantitative estimate of drug-likeness (QED) is 0.540. The molecule has 1 amide bonds. The van der Waals surface area contributed by atoms with Gasteiger partial charge in [-0.1, -0.05) is 24.2 Å². The Hall–Kier alpha value is -3.39. The van der Waals surface area contributed by atoms with Crippen LogP contribution in [0.5, 0.6) is 0 Å². The molecule has 0 saturated carbocycles. The molecule has 1 aliphatic heterocycles. The van der Waals surface area contributed by atoms with Crippen LogP contribution in [0.15, 0.2) is 40.9 Å². The molecule has 4 rings (SSSR count). The predicted molar refractivity (Wildman–Crippen MR) is 121 cm³/mol. The van der Waals surface area contributed by atoms with E-state index in [1.165, 1.54) is 17.0 Å². The van der Waals surface area contributed by atoms with E-state index in [9.17, 15) is 19.1 Å². The largest absolute Gasteiger partial charge is 0.389 e. The molecule has 1 aromatic heterocycles. The molecule has 2 heterocycles. The molecule has 172 valence electrons. The molecule has 1 N–H and O–H groups in total. The highest BCUT2D eigenvalue weighted by Crippen LogP contribution is 2.39. The van der Waals surface area contributed by atoms with E-state index in [2.05, 4.69) is 10.1 Å². The number of nitrogens with zero attached hydrogens (tertiary/aromatic N) is 3. The molecule has 0 fully saturated rings. The number of aromatic nitrogens is 2. The van der Waals surface area contributed by atoms with Crippen LogP contribution in [-0.4, -0.2) is 39.1 Å². The van der Waals surface area contributed by atoms with Gasteiger partial charge in [0, 0.05) is 23.6 Å². The maximum absolute atomic E-state index is 13.5. The number of amides is 1. The average Bonchev–Trinajstić information content (AvgIpc) is 3.30. The van der Waals surface area contributed by atoms with Crippen LogP contribution in [0.1, 0.15) is 60.7 Å². The molecule has 0 spiro atoms. The van der Waals surface area contributed by atoms with E-state index in [0.29, 0.717) is 34.1 Å². The summed E-state index contributed by atoms with van der Waals surface area (Å²) in [6, 6.07) is 9.41. The van der Waals surface area contributed by atoms with Gasteiger partial charge in [-0.05, 0) is 61.7 Å². The Labute approximate surface area is 191 Å². The zero-order valence-electron chi connectivity index (χ0n) is 19.1. The fraction of sp³-hybridized carbons (Fsp3) is 0.360. The van der Waals surface area contributed by atoms with Crippen molar-refractivity contribution >= 4 is 17.4 Å². The van der Waals surface area contributed by atoms with Gasteiger partial charge in [-0.15, -0.1) is 0 Å². The molecule has 7 nitrogen and oxygen atoms in total. The Morgan fingerprint density at radius 2 is 1.97 bits per heavy atom. The smallest absolute Gasteiger partial charge is 0.231 e. The zero-order valence-corrected chi connectivity index (χ0v) is 19.1. The number of rotatable bonds is 7. The maximum Gasteiger partial charge on any atom is 0.231 e. The monoisotopic (exact) mass is 451 g/mol. The van der Waals surface area contributed by atoms with Crippen molar-refractivity contribution in [2.24, 2.45) is 0 Å². The van der Waals surface area contributed by atoms with Gasteiger partial charge in [0.2, 0.25) is 11.8 Å². The van der Waals surface area contributed by atoms with Crippen LogP contribution in [0.3, 0.4) is 0 Å². The first-order valence-corrected chi connectivity index (χ1v) is 10.8.